The van der Waals surface area contributed by atoms with E-state index < -0.39 is 0 Å². The Morgan fingerprint density at radius 3 is 3.16 bits per heavy atom. The van der Waals surface area contributed by atoms with Crippen molar-refractivity contribution >= 4 is 22.4 Å². The van der Waals surface area contributed by atoms with Gasteiger partial charge in [-0.05, 0) is 36.9 Å². The maximum absolute atomic E-state index is 12.2. The van der Waals surface area contributed by atoms with Crippen molar-refractivity contribution in [3.05, 3.63) is 36.7 Å². The summed E-state index contributed by atoms with van der Waals surface area (Å²) in [6, 6.07) is 7.86. The summed E-state index contributed by atoms with van der Waals surface area (Å²) in [7, 11) is 0. The van der Waals surface area contributed by atoms with Crippen molar-refractivity contribution in [1.29, 1.82) is 0 Å². The van der Waals surface area contributed by atoms with Gasteiger partial charge < -0.3 is 10.6 Å². The van der Waals surface area contributed by atoms with Gasteiger partial charge in [-0.3, -0.25) is 9.78 Å². The van der Waals surface area contributed by atoms with E-state index in [-0.39, 0.29) is 11.8 Å². The van der Waals surface area contributed by atoms with E-state index >= 15 is 0 Å². The first-order valence-corrected chi connectivity index (χ1v) is 6.69. The molecule has 1 aromatic heterocycles. The lowest BCUT2D eigenvalue weighted by Gasteiger charge is -2.22. The Balaban J connectivity index is 1.82. The number of fused-ring (bicyclic) bond motifs is 1. The number of nitrogens with zero attached hydrogens (tertiary/aromatic N) is 1. The van der Waals surface area contributed by atoms with Gasteiger partial charge in [0.05, 0.1) is 11.6 Å². The third-order valence-electron chi connectivity index (χ3n) is 3.61. The standard InChI is InChI=1S/C15H17N3O/c19-15(12-4-2-7-16-9-12)18-14-5-1-3-11-6-8-17-10-13(11)14/h1,3,5-6,8,10,12,16H,2,4,7,9H2,(H,18,19)/t12-/m0/s1. The molecule has 0 saturated carbocycles. The molecule has 0 spiro atoms. The molecule has 0 unspecified atom stereocenters. The fourth-order valence-corrected chi connectivity index (χ4v) is 2.53. The Labute approximate surface area is 112 Å². The number of hydrogen-bond acceptors (Lipinski definition) is 3. The summed E-state index contributed by atoms with van der Waals surface area (Å²) in [4.78, 5) is 16.4. The summed E-state index contributed by atoms with van der Waals surface area (Å²) in [5, 5.41) is 8.38. The number of carbonyl (C=O) groups is 1. The highest BCUT2D eigenvalue weighted by Gasteiger charge is 2.21. The van der Waals surface area contributed by atoms with Crippen molar-refractivity contribution in [3.8, 4) is 0 Å². The normalized spacial score (nSPS) is 19.3. The molecule has 1 amide bonds. The summed E-state index contributed by atoms with van der Waals surface area (Å²) >= 11 is 0. The minimum absolute atomic E-state index is 0.0701. The maximum atomic E-state index is 12.2. The van der Waals surface area contributed by atoms with Crippen LogP contribution in [0.2, 0.25) is 0 Å². The van der Waals surface area contributed by atoms with E-state index in [1.165, 1.54) is 0 Å². The molecule has 1 saturated heterocycles. The molecule has 0 aliphatic carbocycles. The number of hydrogen-bond donors (Lipinski definition) is 2. The van der Waals surface area contributed by atoms with E-state index in [2.05, 4.69) is 15.6 Å². The molecule has 0 bridgehead atoms. The lowest BCUT2D eigenvalue weighted by Crippen LogP contribution is -2.37. The van der Waals surface area contributed by atoms with E-state index in [9.17, 15) is 4.79 Å². The van der Waals surface area contributed by atoms with Gasteiger partial charge in [-0.25, -0.2) is 0 Å². The maximum Gasteiger partial charge on any atom is 0.228 e. The molecule has 0 radical (unpaired) electrons. The first-order chi connectivity index (χ1) is 9.34. The molecule has 1 aliphatic heterocycles. The van der Waals surface area contributed by atoms with Crippen LogP contribution in [0.1, 0.15) is 12.8 Å². The van der Waals surface area contributed by atoms with Gasteiger partial charge >= 0.3 is 0 Å². The van der Waals surface area contributed by atoms with Gasteiger partial charge in [0.1, 0.15) is 0 Å². The van der Waals surface area contributed by atoms with Crippen molar-refractivity contribution < 1.29 is 4.79 Å². The van der Waals surface area contributed by atoms with Crippen molar-refractivity contribution in [1.82, 2.24) is 10.3 Å². The molecular formula is C15H17N3O. The van der Waals surface area contributed by atoms with Gasteiger partial charge in [-0.1, -0.05) is 12.1 Å². The minimum atomic E-state index is 0.0701. The van der Waals surface area contributed by atoms with Crippen LogP contribution in [0.3, 0.4) is 0 Å². The summed E-state index contributed by atoms with van der Waals surface area (Å²) in [6.45, 7) is 1.79. The predicted molar refractivity (Wildman–Crippen MR) is 76.0 cm³/mol. The predicted octanol–water partition coefficient (Wildman–Crippen LogP) is 2.17. The Hall–Kier alpha value is -1.94. The molecule has 1 fully saturated rings. The van der Waals surface area contributed by atoms with Gasteiger partial charge in [0.2, 0.25) is 5.91 Å². The van der Waals surface area contributed by atoms with Crippen molar-refractivity contribution in [3.63, 3.8) is 0 Å². The quantitative estimate of drug-likeness (QED) is 0.864. The third-order valence-corrected chi connectivity index (χ3v) is 3.61. The van der Waals surface area contributed by atoms with Gasteiger partial charge in [-0.15, -0.1) is 0 Å². The number of rotatable bonds is 2. The zero-order valence-electron chi connectivity index (χ0n) is 10.7. The molecule has 2 N–H and O–H groups in total. The van der Waals surface area contributed by atoms with Crippen molar-refractivity contribution in [2.45, 2.75) is 12.8 Å². The van der Waals surface area contributed by atoms with Crippen LogP contribution in [0.4, 0.5) is 5.69 Å². The SMILES string of the molecule is O=C(Nc1cccc2ccncc12)[C@H]1CCCNC1. The van der Waals surface area contributed by atoms with Crippen LogP contribution in [-0.2, 0) is 4.79 Å². The van der Waals surface area contributed by atoms with Gasteiger partial charge in [0.15, 0.2) is 0 Å². The summed E-state index contributed by atoms with van der Waals surface area (Å²) in [6.07, 6.45) is 5.58. The van der Waals surface area contributed by atoms with E-state index in [1.807, 2.05) is 24.3 Å². The molecule has 2 heterocycles. The highest BCUT2D eigenvalue weighted by atomic mass is 16.1. The second-order valence-electron chi connectivity index (χ2n) is 4.93. The monoisotopic (exact) mass is 255 g/mol. The third kappa shape index (κ3) is 2.58. The molecule has 4 nitrogen and oxygen atoms in total. The van der Waals surface area contributed by atoms with Crippen LogP contribution >= 0.6 is 0 Å². The summed E-state index contributed by atoms with van der Waals surface area (Å²) in [5.41, 5.74) is 0.848. The largest absolute Gasteiger partial charge is 0.325 e. The van der Waals surface area contributed by atoms with Crippen LogP contribution in [0.25, 0.3) is 10.8 Å². The Morgan fingerprint density at radius 2 is 2.32 bits per heavy atom. The number of carbonyl (C=O) groups excluding carboxylic acids is 1. The number of aromatic nitrogens is 1. The van der Waals surface area contributed by atoms with Crippen LogP contribution in [0, 0.1) is 5.92 Å². The zero-order valence-corrected chi connectivity index (χ0v) is 10.7. The Bertz CT molecular complexity index is 585. The topological polar surface area (TPSA) is 54.0 Å². The second kappa shape index (κ2) is 5.36. The van der Waals surface area contributed by atoms with E-state index in [0.29, 0.717) is 0 Å². The molecule has 1 atom stereocenters. The molecule has 19 heavy (non-hydrogen) atoms. The van der Waals surface area contributed by atoms with Crippen molar-refractivity contribution in [2.75, 3.05) is 18.4 Å². The van der Waals surface area contributed by atoms with E-state index in [4.69, 9.17) is 0 Å². The average molecular weight is 255 g/mol. The highest BCUT2D eigenvalue weighted by molar-refractivity contribution is 6.02. The lowest BCUT2D eigenvalue weighted by molar-refractivity contribution is -0.120. The number of benzene rings is 1. The molecule has 1 aliphatic rings. The fraction of sp³-hybridized carbons (Fsp3) is 0.333. The van der Waals surface area contributed by atoms with E-state index in [0.717, 1.165) is 42.4 Å². The zero-order chi connectivity index (χ0) is 13.1. The van der Waals surface area contributed by atoms with Crippen LogP contribution in [0.15, 0.2) is 36.7 Å². The number of pyridine rings is 1. The molecule has 3 rings (SSSR count). The van der Waals surface area contributed by atoms with Gasteiger partial charge in [0, 0.05) is 24.3 Å². The molecule has 4 heteroatoms. The smallest absolute Gasteiger partial charge is 0.228 e. The van der Waals surface area contributed by atoms with Crippen LogP contribution in [0.5, 0.6) is 0 Å². The Kier molecular flexibility index (Phi) is 3.42. The fourth-order valence-electron chi connectivity index (χ4n) is 2.53. The van der Waals surface area contributed by atoms with Crippen LogP contribution in [-0.4, -0.2) is 24.0 Å². The summed E-state index contributed by atoms with van der Waals surface area (Å²) in [5.74, 6) is 0.171. The van der Waals surface area contributed by atoms with E-state index in [1.54, 1.807) is 12.4 Å². The van der Waals surface area contributed by atoms with Crippen molar-refractivity contribution in [2.24, 2.45) is 5.92 Å². The average Bonchev–Trinajstić information content (AvgIpc) is 2.48. The number of amides is 1. The highest BCUT2D eigenvalue weighted by Crippen LogP contribution is 2.23. The van der Waals surface area contributed by atoms with Gasteiger partial charge in [-0.2, -0.15) is 0 Å². The molecule has 2 aromatic rings. The first-order valence-electron chi connectivity index (χ1n) is 6.69. The number of piperidine rings is 1. The summed E-state index contributed by atoms with van der Waals surface area (Å²) < 4.78 is 0. The van der Waals surface area contributed by atoms with Gasteiger partial charge in [0.25, 0.3) is 0 Å². The second-order valence-corrected chi connectivity index (χ2v) is 4.93. The minimum Gasteiger partial charge on any atom is -0.325 e. The number of anilines is 1. The molecule has 1 aromatic carbocycles. The lowest BCUT2D eigenvalue weighted by atomic mass is 9.98. The number of nitrogens with one attached hydrogen (secondary N) is 2. The molecule has 98 valence electrons. The first kappa shape index (κ1) is 12.1. The molecular weight excluding hydrogens is 238 g/mol. The van der Waals surface area contributed by atoms with Crippen LogP contribution < -0.4 is 10.6 Å². The Morgan fingerprint density at radius 1 is 1.37 bits per heavy atom.